The third kappa shape index (κ3) is 4.30. The number of hydrogen-bond acceptors (Lipinski definition) is 5. The van der Waals surface area contributed by atoms with Crippen molar-refractivity contribution in [3.63, 3.8) is 0 Å². The number of nitrogens with one attached hydrogen (secondary N) is 1. The van der Waals surface area contributed by atoms with Crippen LogP contribution in [0.5, 0.6) is 0 Å². The summed E-state index contributed by atoms with van der Waals surface area (Å²) < 4.78 is 45.5. The van der Waals surface area contributed by atoms with Crippen molar-refractivity contribution in [3.8, 4) is 11.8 Å². The number of carbonyl (C=O) groups is 2. The first-order chi connectivity index (χ1) is 17.7. The van der Waals surface area contributed by atoms with Gasteiger partial charge in [-0.1, -0.05) is 12.5 Å². The zero-order chi connectivity index (χ0) is 26.4. The summed E-state index contributed by atoms with van der Waals surface area (Å²) in [7, 11) is 1.52. The van der Waals surface area contributed by atoms with Gasteiger partial charge in [-0.15, -0.1) is 0 Å². The molecule has 37 heavy (non-hydrogen) atoms. The molecule has 9 nitrogen and oxygen atoms in total. The Morgan fingerprint density at radius 3 is 2.65 bits per heavy atom. The quantitative estimate of drug-likeness (QED) is 0.391. The molecule has 2 atom stereocenters. The summed E-state index contributed by atoms with van der Waals surface area (Å²) in [6.07, 6.45) is 1.83. The number of rotatable bonds is 6. The molecule has 1 unspecified atom stereocenters. The van der Waals surface area contributed by atoms with Gasteiger partial charge in [0, 0.05) is 25.7 Å². The summed E-state index contributed by atoms with van der Waals surface area (Å²) in [6.45, 7) is 3.30. The fourth-order valence-corrected chi connectivity index (χ4v) is 4.80. The predicted molar refractivity (Wildman–Crippen MR) is 130 cm³/mol. The number of imidazole rings is 1. The summed E-state index contributed by atoms with van der Waals surface area (Å²) >= 11 is 0. The smallest absolute Gasteiger partial charge is 0.258 e. The van der Waals surface area contributed by atoms with Gasteiger partial charge in [0.1, 0.15) is 17.2 Å². The highest BCUT2D eigenvalue weighted by atomic mass is 19.3. The molecule has 0 spiro atoms. The highest BCUT2D eigenvalue weighted by Crippen LogP contribution is 2.37. The minimum atomic E-state index is -2.78. The highest BCUT2D eigenvalue weighted by Gasteiger charge is 2.42. The standard InChI is InChI=1S/C25H24F3N7O2/c1-3-21(36)33-11-15(9-20(33)23(27)28)35-25(30-2)22(24(29)37)17(32-35)7-4-13-8-18-19(10-16(13)26)34(12-31-18)14-5-6-14/h3,8,10,12,14-15,20,23,30H,1,5-6,9,11H2,2H3,(H2,29,37)/t15-,20?/m0/s1. The minimum absolute atomic E-state index is 0.0399. The maximum atomic E-state index is 14.9. The van der Waals surface area contributed by atoms with E-state index in [1.165, 1.54) is 23.9 Å². The zero-order valence-corrected chi connectivity index (χ0v) is 19.9. The molecule has 2 aromatic heterocycles. The number of fused-ring (bicyclic) bond motifs is 1. The lowest BCUT2D eigenvalue weighted by molar-refractivity contribution is -0.129. The molecule has 192 valence electrons. The van der Waals surface area contributed by atoms with Gasteiger partial charge in [0.15, 0.2) is 5.69 Å². The molecule has 5 rings (SSSR count). The van der Waals surface area contributed by atoms with Crippen LogP contribution in [0, 0.1) is 17.7 Å². The lowest BCUT2D eigenvalue weighted by atomic mass is 10.1. The van der Waals surface area contributed by atoms with Gasteiger partial charge >= 0.3 is 0 Å². The summed E-state index contributed by atoms with van der Waals surface area (Å²) in [5, 5.41) is 7.20. The molecular formula is C25H24F3N7O2. The third-order valence-electron chi connectivity index (χ3n) is 6.73. The molecular weight excluding hydrogens is 487 g/mol. The SMILES string of the molecule is C=CC(=O)N1C[C@@H](n2nc(C#Cc3cc4ncn(C5CC5)c4cc3F)c(C(N)=O)c2NC)CC1C(F)F. The first-order valence-corrected chi connectivity index (χ1v) is 11.7. The van der Waals surface area contributed by atoms with Crippen LogP contribution in [0.3, 0.4) is 0 Å². The number of alkyl halides is 2. The molecule has 3 aromatic rings. The van der Waals surface area contributed by atoms with Gasteiger partial charge in [0.2, 0.25) is 5.91 Å². The molecule has 2 amide bonds. The molecule has 1 aromatic carbocycles. The first kappa shape index (κ1) is 24.4. The van der Waals surface area contributed by atoms with Crippen molar-refractivity contribution in [2.24, 2.45) is 5.73 Å². The average Bonchev–Trinajstić information content (AvgIpc) is 3.31. The topological polar surface area (TPSA) is 111 Å². The van der Waals surface area contributed by atoms with Crippen LogP contribution in [0.25, 0.3) is 11.0 Å². The molecule has 3 N–H and O–H groups in total. The number of benzene rings is 1. The van der Waals surface area contributed by atoms with Gasteiger partial charge in [0.25, 0.3) is 12.3 Å². The summed E-state index contributed by atoms with van der Waals surface area (Å²) in [6, 6.07) is 1.22. The van der Waals surface area contributed by atoms with E-state index in [1.54, 1.807) is 6.33 Å². The van der Waals surface area contributed by atoms with E-state index in [-0.39, 0.29) is 35.6 Å². The van der Waals surface area contributed by atoms with E-state index in [9.17, 15) is 22.8 Å². The molecule has 0 bridgehead atoms. The second kappa shape index (κ2) is 9.31. The molecule has 3 heterocycles. The van der Waals surface area contributed by atoms with Crippen LogP contribution in [0.4, 0.5) is 19.0 Å². The Hall–Kier alpha value is -4.27. The van der Waals surface area contributed by atoms with Gasteiger partial charge in [-0.25, -0.2) is 22.8 Å². The van der Waals surface area contributed by atoms with Crippen molar-refractivity contribution in [2.45, 2.75) is 43.8 Å². The van der Waals surface area contributed by atoms with Crippen LogP contribution in [0.2, 0.25) is 0 Å². The highest BCUT2D eigenvalue weighted by molar-refractivity contribution is 6.00. The Labute approximate surface area is 210 Å². The van der Waals surface area contributed by atoms with Crippen LogP contribution in [0.15, 0.2) is 31.1 Å². The first-order valence-electron chi connectivity index (χ1n) is 11.7. The lowest BCUT2D eigenvalue weighted by Crippen LogP contribution is -2.38. The summed E-state index contributed by atoms with van der Waals surface area (Å²) in [4.78, 5) is 29.9. The number of likely N-dealkylation sites (tertiary alicyclic amines) is 1. The largest absolute Gasteiger partial charge is 0.373 e. The van der Waals surface area contributed by atoms with E-state index < -0.39 is 36.1 Å². The number of primary amides is 1. The number of amides is 2. The van der Waals surface area contributed by atoms with E-state index >= 15 is 0 Å². The Bertz CT molecular complexity index is 1480. The van der Waals surface area contributed by atoms with Crippen molar-refractivity contribution in [1.82, 2.24) is 24.2 Å². The number of halogens is 3. The summed E-state index contributed by atoms with van der Waals surface area (Å²) in [5.41, 5.74) is 6.83. The zero-order valence-electron chi connectivity index (χ0n) is 19.9. The predicted octanol–water partition coefficient (Wildman–Crippen LogP) is 2.84. The van der Waals surface area contributed by atoms with Gasteiger partial charge in [0.05, 0.1) is 35.0 Å². The second-order valence-electron chi connectivity index (χ2n) is 9.07. The molecule has 1 aliphatic heterocycles. The average molecular weight is 512 g/mol. The van der Waals surface area contributed by atoms with Crippen LogP contribution in [0.1, 0.15) is 53.0 Å². The van der Waals surface area contributed by atoms with E-state index in [4.69, 9.17) is 5.73 Å². The molecule has 1 saturated heterocycles. The number of anilines is 1. The van der Waals surface area contributed by atoms with Crippen LogP contribution >= 0.6 is 0 Å². The van der Waals surface area contributed by atoms with Crippen LogP contribution < -0.4 is 11.1 Å². The van der Waals surface area contributed by atoms with Crippen molar-refractivity contribution in [3.05, 3.63) is 53.8 Å². The summed E-state index contributed by atoms with van der Waals surface area (Å²) in [5.74, 6) is 3.56. The molecule has 2 fully saturated rings. The Kier molecular flexibility index (Phi) is 6.15. The van der Waals surface area contributed by atoms with E-state index in [0.717, 1.165) is 23.8 Å². The Morgan fingerprint density at radius 1 is 1.27 bits per heavy atom. The van der Waals surface area contributed by atoms with Crippen molar-refractivity contribution in [2.75, 3.05) is 18.9 Å². The van der Waals surface area contributed by atoms with Gasteiger partial charge in [-0.3, -0.25) is 9.59 Å². The number of nitrogens with two attached hydrogens (primary N) is 1. The number of aromatic nitrogens is 4. The minimum Gasteiger partial charge on any atom is -0.373 e. The van der Waals surface area contributed by atoms with Crippen LogP contribution in [-0.2, 0) is 4.79 Å². The number of hydrogen-bond donors (Lipinski definition) is 2. The molecule has 1 saturated carbocycles. The van der Waals surface area contributed by atoms with E-state index in [1.807, 2.05) is 4.57 Å². The molecule has 2 aliphatic rings. The monoisotopic (exact) mass is 511 g/mol. The molecule has 12 heteroatoms. The van der Waals surface area contributed by atoms with Crippen molar-refractivity contribution < 1.29 is 22.8 Å². The molecule has 0 radical (unpaired) electrons. The van der Waals surface area contributed by atoms with Crippen molar-refractivity contribution >= 4 is 28.7 Å². The molecule has 1 aliphatic carbocycles. The van der Waals surface area contributed by atoms with Crippen molar-refractivity contribution in [1.29, 1.82) is 0 Å². The third-order valence-corrected chi connectivity index (χ3v) is 6.73. The maximum absolute atomic E-state index is 14.9. The number of carbonyl (C=O) groups excluding carboxylic acids is 2. The fourth-order valence-electron chi connectivity index (χ4n) is 4.80. The van der Waals surface area contributed by atoms with Gasteiger partial charge in [-0.2, -0.15) is 5.10 Å². The van der Waals surface area contributed by atoms with Crippen LogP contribution in [-0.4, -0.2) is 62.1 Å². The maximum Gasteiger partial charge on any atom is 0.258 e. The van der Waals surface area contributed by atoms with Gasteiger partial charge < -0.3 is 20.5 Å². The Morgan fingerprint density at radius 2 is 2.03 bits per heavy atom. The fraction of sp³-hybridized carbons (Fsp3) is 0.360. The number of nitrogens with zero attached hydrogens (tertiary/aromatic N) is 5. The lowest BCUT2D eigenvalue weighted by Gasteiger charge is -2.21. The van der Waals surface area contributed by atoms with Gasteiger partial charge in [-0.05, 0) is 37.3 Å². The second-order valence-corrected chi connectivity index (χ2v) is 9.07. The van der Waals surface area contributed by atoms with E-state index in [0.29, 0.717) is 17.1 Å². The normalized spacial score (nSPS) is 19.2. The van der Waals surface area contributed by atoms with E-state index in [2.05, 4.69) is 33.8 Å². The Balaban J connectivity index is 1.53.